The van der Waals surface area contributed by atoms with Crippen LogP contribution in [0.2, 0.25) is 0 Å². The molecule has 8 aromatic rings. The number of nitrogens with zero attached hydrogens (tertiary/aromatic N) is 9. The average Bonchev–Trinajstić information content (AvgIpc) is 1.58. The minimum Gasteiger partial charge on any atom is -0.506 e. The molecule has 5 amide bonds. The molecule has 37 heteroatoms. The smallest absolute Gasteiger partial charge is 0.358 e. The van der Waals surface area contributed by atoms with Crippen LogP contribution in [-0.4, -0.2) is 210 Å². The molecule has 0 saturated carbocycles. The Balaban J connectivity index is 0.919. The molecule has 10 unspecified atom stereocenters. The summed E-state index contributed by atoms with van der Waals surface area (Å²) >= 11 is 4.79. The fourth-order valence-corrected chi connectivity index (χ4v) is 17.0. The molecule has 10 atom stereocenters. The third-order valence-electron chi connectivity index (χ3n) is 17.8. The van der Waals surface area contributed by atoms with Crippen LogP contribution in [-0.2, 0) is 60.7 Å². The monoisotopic (exact) mass is 1460 g/mol. The van der Waals surface area contributed by atoms with Gasteiger partial charge in [-0.2, -0.15) is 4.73 Å². The third-order valence-corrected chi connectivity index (χ3v) is 22.3. The number of ether oxygens (including phenoxy) is 8. The number of pyridine rings is 1. The lowest BCUT2D eigenvalue weighted by molar-refractivity contribution is -0.268. The van der Waals surface area contributed by atoms with Crippen LogP contribution in [0.4, 0.5) is 0 Å². The molecule has 32 nitrogen and oxygen atoms in total. The Morgan fingerprint density at radius 2 is 1.54 bits per heavy atom. The van der Waals surface area contributed by atoms with Crippen LogP contribution in [0.3, 0.4) is 0 Å². The maximum Gasteiger partial charge on any atom is 0.358 e. The Hall–Kier alpha value is -8.83. The van der Waals surface area contributed by atoms with Crippen molar-refractivity contribution in [2.75, 3.05) is 60.5 Å². The number of benzene rings is 1. The van der Waals surface area contributed by atoms with E-state index in [0.717, 1.165) is 56.7 Å². The Labute approximate surface area is 587 Å². The molecule has 8 N–H and O–H groups in total. The molecule has 3 fully saturated rings. The maximum absolute atomic E-state index is 15.2. The number of carbonyl (C=O) groups excluding carboxylic acids is 7. The van der Waals surface area contributed by atoms with Crippen molar-refractivity contribution in [3.8, 4) is 38.4 Å². The summed E-state index contributed by atoms with van der Waals surface area (Å²) in [5, 5.41) is 57.2. The summed E-state index contributed by atoms with van der Waals surface area (Å²) in [5.74, 6) is -6.50. The molecule has 524 valence electrons. The van der Waals surface area contributed by atoms with E-state index < -0.39 is 127 Å². The Bertz CT molecular complexity index is 4600. The highest BCUT2D eigenvalue weighted by atomic mass is 32.1. The van der Waals surface area contributed by atoms with E-state index in [0.29, 0.717) is 36.6 Å². The van der Waals surface area contributed by atoms with Crippen molar-refractivity contribution in [3.05, 3.63) is 112 Å². The number of morpholine rings is 1. The van der Waals surface area contributed by atoms with Gasteiger partial charge in [-0.15, -0.1) is 56.7 Å². The number of esters is 2. The second kappa shape index (κ2) is 27.9. The summed E-state index contributed by atoms with van der Waals surface area (Å²) < 4.78 is 50.5. The molecule has 3 saturated heterocycles. The van der Waals surface area contributed by atoms with Gasteiger partial charge in [0.15, 0.2) is 18.1 Å². The minimum atomic E-state index is -1.83. The first-order valence-corrected chi connectivity index (χ1v) is 35.7. The summed E-state index contributed by atoms with van der Waals surface area (Å²) in [5.41, 5.74) is -1.30. The van der Waals surface area contributed by atoms with Crippen LogP contribution in [0, 0.1) is 0 Å². The molecule has 0 spiro atoms. The number of fused-ring (bicyclic) bond motifs is 16. The number of nitrogens with one attached hydrogen (secondary N) is 5. The summed E-state index contributed by atoms with van der Waals surface area (Å²) in [4.78, 5) is 135. The summed E-state index contributed by atoms with van der Waals surface area (Å²) in [6.07, 6.45) is -6.68. The highest BCUT2D eigenvalue weighted by molar-refractivity contribution is 7.14. The number of thiazole rings is 5. The van der Waals surface area contributed by atoms with Crippen molar-refractivity contribution in [2.45, 2.75) is 108 Å². The molecule has 0 aliphatic carbocycles. The molecule has 6 aliphatic rings. The summed E-state index contributed by atoms with van der Waals surface area (Å²) in [6.45, 7) is 7.67. The third kappa shape index (κ3) is 13.2. The van der Waals surface area contributed by atoms with Crippen molar-refractivity contribution < 1.29 is 86.9 Å². The quantitative estimate of drug-likeness (QED) is 0.0587. The fraction of sp³-hybridized carbons (Fsp3) is 0.413. The van der Waals surface area contributed by atoms with Crippen LogP contribution < -0.4 is 26.6 Å². The van der Waals surface area contributed by atoms with Gasteiger partial charge in [-0.25, -0.2) is 39.5 Å². The first-order chi connectivity index (χ1) is 48.1. The normalized spacial score (nSPS) is 25.7. The SMILES string of the molecule is CO/C(C)=C1/NC(=O)C(C(C)O)NC(=O)c2csc(n2)-c2cc(O)c(-c3nc(C(=O)NCN4CCOCC4)cs3)nc2-c2csc(n2)C2COC(=O)c3c4c5c(cccc5n3O)COC(=O)C(OC3CC5(C)OCN(C)C5C(C)O3)C(OC4)C(NC(=O)c3csc1n3)c1nc(cs1)C(=O)N2. The topological polar surface area (TPSA) is 403 Å². The molecule has 7 aromatic heterocycles. The van der Waals surface area contributed by atoms with Gasteiger partial charge < -0.3 is 79.9 Å². The first-order valence-electron chi connectivity index (χ1n) is 31.3. The van der Waals surface area contributed by atoms with Gasteiger partial charge in [0, 0.05) is 62.9 Å². The second-order valence-electron chi connectivity index (χ2n) is 24.4. The molecule has 0 radical (unpaired) electrons. The standard InChI is InChI=1S/C63H64N14O18S5/c1-26(78)42-55(84)73-43(27(2)88-6)58-69-37(23-98-58)54(83)74-46-48-49(95-40-15-63(4)50(28(3)94-40)75(5)25-93-63)62(86)91-16-29-8-7-9-38-41(29)31(17-90-48)47(77(38)87)61(85)92-18-32(65-52(81)35-22-100-60(46)70-35)57-66-33(19-97-57)44-30(56-67-36(21-96-56)53(82)72-42)14-39(79)45(71-44)59-68-34(20-99-59)51(80)64-24-76-10-12-89-13-11-76/h7-9,14,19-23,26,28,32,40,42,46,48-50,78-79,87H,10-13,15-18,24-25H2,1-6H3,(H,64,80)(H,65,81)(H,72,82)(H,73,84)(H,74,83)/b43-27+. The van der Waals surface area contributed by atoms with Gasteiger partial charge in [-0.05, 0) is 52.4 Å². The molecular formula is C63H64N14O18S5. The van der Waals surface area contributed by atoms with Gasteiger partial charge in [0.2, 0.25) is 5.91 Å². The minimum absolute atomic E-state index is 0.0141. The number of hydrogen-bond donors (Lipinski definition) is 8. The largest absolute Gasteiger partial charge is 0.506 e. The lowest BCUT2D eigenvalue weighted by atomic mass is 9.86. The summed E-state index contributed by atoms with van der Waals surface area (Å²) in [6, 6.07) is 1.31. The number of amides is 5. The van der Waals surface area contributed by atoms with Crippen molar-refractivity contribution in [1.82, 2.24) is 71.0 Å². The van der Waals surface area contributed by atoms with Gasteiger partial charge in [0.25, 0.3) is 23.6 Å². The highest BCUT2D eigenvalue weighted by Gasteiger charge is 2.54. The van der Waals surface area contributed by atoms with Crippen LogP contribution >= 0.6 is 56.7 Å². The number of cyclic esters (lactones) is 2. The predicted octanol–water partition coefficient (Wildman–Crippen LogP) is 4.55. The molecule has 100 heavy (non-hydrogen) atoms. The number of hydrogen-bond acceptors (Lipinski definition) is 31. The van der Waals surface area contributed by atoms with Crippen molar-refractivity contribution in [3.63, 3.8) is 0 Å². The Morgan fingerprint density at radius 1 is 0.840 bits per heavy atom. The van der Waals surface area contributed by atoms with E-state index in [2.05, 4.69) is 41.5 Å². The van der Waals surface area contributed by atoms with Crippen LogP contribution in [0.5, 0.6) is 5.75 Å². The van der Waals surface area contributed by atoms with Crippen molar-refractivity contribution >= 4 is 115 Å². The predicted molar refractivity (Wildman–Crippen MR) is 357 cm³/mol. The number of rotatable bonds is 8. The number of aromatic nitrogens is 7. The van der Waals surface area contributed by atoms with E-state index in [9.17, 15) is 29.8 Å². The van der Waals surface area contributed by atoms with E-state index >= 15 is 19.2 Å². The van der Waals surface area contributed by atoms with Crippen LogP contribution in [0.15, 0.2) is 56.9 Å². The zero-order chi connectivity index (χ0) is 70.0. The van der Waals surface area contributed by atoms with E-state index in [1.165, 1.54) is 54.6 Å². The lowest BCUT2D eigenvalue weighted by Gasteiger charge is -2.45. The molecule has 13 heterocycles. The number of carbonyl (C=O) groups is 7. The van der Waals surface area contributed by atoms with Gasteiger partial charge in [-0.3, -0.25) is 33.8 Å². The van der Waals surface area contributed by atoms with Crippen molar-refractivity contribution in [1.29, 1.82) is 0 Å². The maximum atomic E-state index is 15.2. The number of aliphatic hydroxyl groups excluding tert-OH is 1. The second-order valence-corrected chi connectivity index (χ2v) is 28.8. The van der Waals surface area contributed by atoms with E-state index in [4.69, 9.17) is 52.8 Å². The Kier molecular flexibility index (Phi) is 19.1. The van der Waals surface area contributed by atoms with Crippen molar-refractivity contribution in [2.24, 2.45) is 0 Å². The van der Waals surface area contributed by atoms with E-state index in [1.807, 2.05) is 30.7 Å². The number of likely N-dealkylation sites (N-methyl/N-ethyl adjacent to an activating group) is 1. The van der Waals surface area contributed by atoms with Crippen LogP contribution in [0.25, 0.3) is 49.3 Å². The number of aliphatic hydroxyl groups is 1. The zero-order valence-electron chi connectivity index (χ0n) is 54.0. The average molecular weight is 1470 g/mol. The lowest BCUT2D eigenvalue weighted by Crippen LogP contribution is -2.58. The highest BCUT2D eigenvalue weighted by Crippen LogP contribution is 2.44. The molecular weight excluding hydrogens is 1400 g/mol. The van der Waals surface area contributed by atoms with Gasteiger partial charge in [0.05, 0.1) is 69.7 Å². The van der Waals surface area contributed by atoms with E-state index in [1.54, 1.807) is 17.5 Å². The van der Waals surface area contributed by atoms with Gasteiger partial charge in [0.1, 0.15) is 120 Å². The summed E-state index contributed by atoms with van der Waals surface area (Å²) in [7, 11) is 3.22. The van der Waals surface area contributed by atoms with E-state index in [-0.39, 0.29) is 124 Å². The molecule has 6 aliphatic heterocycles. The zero-order valence-corrected chi connectivity index (χ0v) is 58.1. The molecule has 14 rings (SSSR count). The molecule has 12 bridgehead atoms. The Morgan fingerprint density at radius 3 is 2.32 bits per heavy atom. The number of methoxy groups -OCH3 is 1. The first kappa shape index (κ1) is 68.3. The molecule has 1 aromatic carbocycles. The van der Waals surface area contributed by atoms with Gasteiger partial charge >= 0.3 is 11.9 Å². The fourth-order valence-electron chi connectivity index (χ4n) is 12.8. The van der Waals surface area contributed by atoms with Gasteiger partial charge in [-0.1, -0.05) is 12.1 Å². The number of aromatic hydroxyl groups is 1. The van der Waals surface area contributed by atoms with Crippen LogP contribution in [0.1, 0.15) is 125 Å². The number of allylic oxidation sites excluding steroid dienone is 1.